The number of rotatable bonds is 5. The summed E-state index contributed by atoms with van der Waals surface area (Å²) in [5.41, 5.74) is 0. The largest absolute Gasteiger partial charge is 0.342 e. The molecule has 0 aromatic heterocycles. The minimum absolute atomic E-state index is 0.353. The SMILES string of the molecule is CCC1CN(C(=O)CCC(C)C)CCC1NC. The molecule has 1 N–H and O–H groups in total. The zero-order valence-electron chi connectivity index (χ0n) is 11.8. The number of carbonyl (C=O) groups is 1. The van der Waals surface area contributed by atoms with Gasteiger partial charge in [0.05, 0.1) is 0 Å². The minimum Gasteiger partial charge on any atom is -0.342 e. The molecule has 2 unspecified atom stereocenters. The van der Waals surface area contributed by atoms with Crippen molar-refractivity contribution in [1.29, 1.82) is 0 Å². The van der Waals surface area contributed by atoms with Gasteiger partial charge in [0, 0.05) is 25.6 Å². The molecule has 0 aromatic carbocycles. The van der Waals surface area contributed by atoms with E-state index in [1.165, 1.54) is 0 Å². The van der Waals surface area contributed by atoms with Gasteiger partial charge in [-0.2, -0.15) is 0 Å². The molecule has 1 fully saturated rings. The lowest BCUT2D eigenvalue weighted by molar-refractivity contribution is -0.133. The molecule has 1 aliphatic rings. The Labute approximate surface area is 106 Å². The second-order valence-corrected chi connectivity index (χ2v) is 5.62. The number of nitrogens with zero attached hydrogens (tertiary/aromatic N) is 1. The molecule has 0 radical (unpaired) electrons. The van der Waals surface area contributed by atoms with Crippen LogP contribution in [-0.2, 0) is 4.79 Å². The Morgan fingerprint density at radius 3 is 2.71 bits per heavy atom. The van der Waals surface area contributed by atoms with Crippen LogP contribution in [0.4, 0.5) is 0 Å². The van der Waals surface area contributed by atoms with Crippen molar-refractivity contribution in [3.05, 3.63) is 0 Å². The van der Waals surface area contributed by atoms with Crippen LogP contribution in [0.3, 0.4) is 0 Å². The van der Waals surface area contributed by atoms with Crippen molar-refractivity contribution < 1.29 is 4.79 Å². The molecule has 0 bridgehead atoms. The molecular formula is C14H28N2O. The Bertz CT molecular complexity index is 240. The average molecular weight is 240 g/mol. The van der Waals surface area contributed by atoms with Gasteiger partial charge in [0.15, 0.2) is 0 Å². The number of piperidine rings is 1. The van der Waals surface area contributed by atoms with Gasteiger partial charge in [-0.1, -0.05) is 27.2 Å². The molecule has 2 atom stereocenters. The van der Waals surface area contributed by atoms with Crippen LogP contribution < -0.4 is 5.32 Å². The summed E-state index contributed by atoms with van der Waals surface area (Å²) in [4.78, 5) is 14.1. The van der Waals surface area contributed by atoms with Crippen LogP contribution in [0.15, 0.2) is 0 Å². The Kier molecular flexibility index (Phi) is 5.96. The Morgan fingerprint density at radius 2 is 2.18 bits per heavy atom. The number of hydrogen-bond donors (Lipinski definition) is 1. The quantitative estimate of drug-likeness (QED) is 0.799. The third-order valence-electron chi connectivity index (χ3n) is 3.92. The summed E-state index contributed by atoms with van der Waals surface area (Å²) in [7, 11) is 2.03. The second-order valence-electron chi connectivity index (χ2n) is 5.62. The first-order chi connectivity index (χ1) is 8.08. The van der Waals surface area contributed by atoms with Crippen molar-refractivity contribution in [3.8, 4) is 0 Å². The first-order valence-corrected chi connectivity index (χ1v) is 7.03. The number of hydrogen-bond acceptors (Lipinski definition) is 2. The van der Waals surface area contributed by atoms with Gasteiger partial charge in [-0.05, 0) is 31.7 Å². The fraction of sp³-hybridized carbons (Fsp3) is 0.929. The highest BCUT2D eigenvalue weighted by Crippen LogP contribution is 2.21. The minimum atomic E-state index is 0.353. The van der Waals surface area contributed by atoms with E-state index < -0.39 is 0 Å². The fourth-order valence-electron chi connectivity index (χ4n) is 2.62. The number of carbonyl (C=O) groups excluding carboxylic acids is 1. The molecule has 1 heterocycles. The van der Waals surface area contributed by atoms with E-state index in [0.717, 1.165) is 38.8 Å². The van der Waals surface area contributed by atoms with Crippen molar-refractivity contribution in [2.45, 2.75) is 52.5 Å². The summed E-state index contributed by atoms with van der Waals surface area (Å²) in [5.74, 6) is 1.60. The number of likely N-dealkylation sites (tertiary alicyclic amines) is 1. The molecule has 3 nitrogen and oxygen atoms in total. The van der Waals surface area contributed by atoms with E-state index in [-0.39, 0.29) is 0 Å². The zero-order valence-corrected chi connectivity index (χ0v) is 11.8. The van der Waals surface area contributed by atoms with E-state index in [1.54, 1.807) is 0 Å². The molecule has 0 spiro atoms. The van der Waals surface area contributed by atoms with Crippen LogP contribution in [0.1, 0.15) is 46.5 Å². The second kappa shape index (κ2) is 7.00. The van der Waals surface area contributed by atoms with E-state index in [2.05, 4.69) is 31.0 Å². The molecular weight excluding hydrogens is 212 g/mol. The Hall–Kier alpha value is -0.570. The highest BCUT2D eigenvalue weighted by Gasteiger charge is 2.28. The van der Waals surface area contributed by atoms with E-state index in [1.807, 2.05) is 7.05 Å². The van der Waals surface area contributed by atoms with Crippen LogP contribution in [0.5, 0.6) is 0 Å². The molecule has 0 aliphatic carbocycles. The maximum absolute atomic E-state index is 12.1. The molecule has 1 rings (SSSR count). The summed E-state index contributed by atoms with van der Waals surface area (Å²) in [6.07, 6.45) is 3.99. The monoisotopic (exact) mass is 240 g/mol. The van der Waals surface area contributed by atoms with Gasteiger partial charge >= 0.3 is 0 Å². The van der Waals surface area contributed by atoms with E-state index in [9.17, 15) is 4.79 Å². The maximum Gasteiger partial charge on any atom is 0.222 e. The molecule has 3 heteroatoms. The predicted molar refractivity (Wildman–Crippen MR) is 71.9 cm³/mol. The first-order valence-electron chi connectivity index (χ1n) is 7.03. The molecule has 17 heavy (non-hydrogen) atoms. The number of amides is 1. The van der Waals surface area contributed by atoms with Gasteiger partial charge in [-0.25, -0.2) is 0 Å². The maximum atomic E-state index is 12.1. The highest BCUT2D eigenvalue weighted by molar-refractivity contribution is 5.76. The number of nitrogens with one attached hydrogen (secondary N) is 1. The molecule has 0 saturated carbocycles. The highest BCUT2D eigenvalue weighted by atomic mass is 16.2. The lowest BCUT2D eigenvalue weighted by Gasteiger charge is -2.38. The van der Waals surface area contributed by atoms with Crippen molar-refractivity contribution in [2.24, 2.45) is 11.8 Å². The van der Waals surface area contributed by atoms with Crippen molar-refractivity contribution in [3.63, 3.8) is 0 Å². The van der Waals surface area contributed by atoms with Gasteiger partial charge in [0.25, 0.3) is 0 Å². The van der Waals surface area contributed by atoms with Crippen LogP contribution in [0.2, 0.25) is 0 Å². The van der Waals surface area contributed by atoms with Crippen LogP contribution >= 0.6 is 0 Å². The van der Waals surface area contributed by atoms with E-state index in [0.29, 0.717) is 23.8 Å². The summed E-state index contributed by atoms with van der Waals surface area (Å²) < 4.78 is 0. The topological polar surface area (TPSA) is 32.3 Å². The van der Waals surface area contributed by atoms with Gasteiger partial charge in [-0.3, -0.25) is 4.79 Å². The summed E-state index contributed by atoms with van der Waals surface area (Å²) in [6.45, 7) is 8.44. The Morgan fingerprint density at radius 1 is 1.47 bits per heavy atom. The van der Waals surface area contributed by atoms with Crippen LogP contribution in [-0.4, -0.2) is 37.0 Å². The fourth-order valence-corrected chi connectivity index (χ4v) is 2.62. The van der Waals surface area contributed by atoms with Gasteiger partial charge in [0.1, 0.15) is 0 Å². The molecule has 0 aromatic rings. The zero-order chi connectivity index (χ0) is 12.8. The first kappa shape index (κ1) is 14.5. The molecule has 100 valence electrons. The van der Waals surface area contributed by atoms with Crippen molar-refractivity contribution in [2.75, 3.05) is 20.1 Å². The van der Waals surface area contributed by atoms with Gasteiger partial charge in [0.2, 0.25) is 5.91 Å². The lowest BCUT2D eigenvalue weighted by atomic mass is 9.89. The van der Waals surface area contributed by atoms with Gasteiger partial charge < -0.3 is 10.2 Å². The van der Waals surface area contributed by atoms with Crippen molar-refractivity contribution in [1.82, 2.24) is 10.2 Å². The third kappa shape index (κ3) is 4.30. The molecule has 1 amide bonds. The summed E-state index contributed by atoms with van der Waals surface area (Å²) in [6, 6.07) is 0.592. The summed E-state index contributed by atoms with van der Waals surface area (Å²) in [5, 5.41) is 3.38. The van der Waals surface area contributed by atoms with Crippen LogP contribution in [0.25, 0.3) is 0 Å². The third-order valence-corrected chi connectivity index (χ3v) is 3.92. The predicted octanol–water partition coefficient (Wildman–Crippen LogP) is 2.27. The standard InChI is InChI=1S/C14H28N2O/c1-5-12-10-16(9-8-13(12)15-4)14(17)7-6-11(2)3/h11-13,15H,5-10H2,1-4H3. The van der Waals surface area contributed by atoms with Crippen molar-refractivity contribution >= 4 is 5.91 Å². The van der Waals surface area contributed by atoms with E-state index >= 15 is 0 Å². The molecule has 1 aliphatic heterocycles. The van der Waals surface area contributed by atoms with Crippen LogP contribution in [0, 0.1) is 11.8 Å². The lowest BCUT2D eigenvalue weighted by Crippen LogP contribution is -2.50. The van der Waals surface area contributed by atoms with Gasteiger partial charge in [-0.15, -0.1) is 0 Å². The van der Waals surface area contributed by atoms with E-state index in [4.69, 9.17) is 0 Å². The molecule has 1 saturated heterocycles. The Balaban J connectivity index is 2.43. The summed E-state index contributed by atoms with van der Waals surface area (Å²) >= 11 is 0. The normalized spacial score (nSPS) is 25.4. The smallest absolute Gasteiger partial charge is 0.222 e. The average Bonchev–Trinajstić information content (AvgIpc) is 2.34.